The Kier molecular flexibility index (Phi) is 4.13. The van der Waals surface area contributed by atoms with Gasteiger partial charge in [0.05, 0.1) is 5.41 Å². The standard InChI is InChI=1S/C19H26O4/c1-18-9-4-10-19(2,17(21)23-12-22-3)16(18)8-6-13-5-7-14(20)11-15(13)18/h5,7,11,16,20H,4,6,8-10,12H2,1-3H3/t16-,18-,19+/m1/s1. The van der Waals surface area contributed by atoms with Crippen molar-refractivity contribution < 1.29 is 19.4 Å². The van der Waals surface area contributed by atoms with Crippen LogP contribution in [0.25, 0.3) is 0 Å². The van der Waals surface area contributed by atoms with Crippen molar-refractivity contribution in [3.8, 4) is 5.75 Å². The van der Waals surface area contributed by atoms with E-state index in [4.69, 9.17) is 9.47 Å². The first-order valence-electron chi connectivity index (χ1n) is 8.40. The van der Waals surface area contributed by atoms with Crippen LogP contribution in [0.3, 0.4) is 0 Å². The van der Waals surface area contributed by atoms with E-state index in [-0.39, 0.29) is 24.1 Å². The second-order valence-corrected chi connectivity index (χ2v) is 7.46. The average molecular weight is 318 g/mol. The molecule has 126 valence electrons. The Morgan fingerprint density at radius 3 is 2.87 bits per heavy atom. The number of benzene rings is 1. The number of aromatic hydroxyl groups is 1. The normalized spacial score (nSPS) is 32.7. The summed E-state index contributed by atoms with van der Waals surface area (Å²) in [6, 6.07) is 5.69. The lowest BCUT2D eigenvalue weighted by Crippen LogP contribution is -2.52. The molecular weight excluding hydrogens is 292 g/mol. The van der Waals surface area contributed by atoms with Crippen molar-refractivity contribution >= 4 is 5.97 Å². The van der Waals surface area contributed by atoms with Crippen LogP contribution in [-0.2, 0) is 26.1 Å². The second kappa shape index (κ2) is 5.82. The van der Waals surface area contributed by atoms with Gasteiger partial charge in [-0.25, -0.2) is 0 Å². The summed E-state index contributed by atoms with van der Waals surface area (Å²) in [5.41, 5.74) is 1.93. The van der Waals surface area contributed by atoms with E-state index in [0.29, 0.717) is 5.75 Å². The average Bonchev–Trinajstić information content (AvgIpc) is 2.53. The first-order chi connectivity index (χ1) is 10.9. The molecule has 0 unspecified atom stereocenters. The maximum Gasteiger partial charge on any atom is 0.314 e. The molecule has 4 heteroatoms. The first kappa shape index (κ1) is 16.3. The van der Waals surface area contributed by atoms with Crippen LogP contribution in [0.5, 0.6) is 5.75 Å². The SMILES string of the molecule is COCOC(=O)[C@@]1(C)CCC[C@]2(C)c3cc(O)ccc3CC[C@@H]12. The number of carbonyl (C=O) groups excluding carboxylic acids is 1. The number of ether oxygens (including phenoxy) is 2. The molecule has 2 aliphatic rings. The van der Waals surface area contributed by atoms with Gasteiger partial charge in [0.15, 0.2) is 6.79 Å². The van der Waals surface area contributed by atoms with Crippen molar-refractivity contribution in [2.75, 3.05) is 13.9 Å². The molecule has 0 spiro atoms. The molecule has 3 rings (SSSR count). The van der Waals surface area contributed by atoms with E-state index in [2.05, 4.69) is 6.92 Å². The van der Waals surface area contributed by atoms with E-state index >= 15 is 0 Å². The largest absolute Gasteiger partial charge is 0.508 e. The third kappa shape index (κ3) is 2.53. The fourth-order valence-corrected chi connectivity index (χ4v) is 4.97. The fraction of sp³-hybridized carbons (Fsp3) is 0.632. The van der Waals surface area contributed by atoms with Crippen LogP contribution in [0.4, 0.5) is 0 Å². The van der Waals surface area contributed by atoms with Crippen molar-refractivity contribution in [2.24, 2.45) is 11.3 Å². The predicted molar refractivity (Wildman–Crippen MR) is 87.2 cm³/mol. The molecule has 0 saturated heterocycles. The number of esters is 1. The number of phenolic OH excluding ortho intramolecular Hbond substituents is 1. The van der Waals surface area contributed by atoms with Crippen molar-refractivity contribution in [1.82, 2.24) is 0 Å². The number of hydrogen-bond acceptors (Lipinski definition) is 4. The Morgan fingerprint density at radius 1 is 1.35 bits per heavy atom. The quantitative estimate of drug-likeness (QED) is 0.684. The van der Waals surface area contributed by atoms with Crippen LogP contribution >= 0.6 is 0 Å². The van der Waals surface area contributed by atoms with Gasteiger partial charge in [0.1, 0.15) is 5.75 Å². The maximum atomic E-state index is 12.7. The minimum absolute atomic E-state index is 0.00916. The van der Waals surface area contributed by atoms with E-state index in [0.717, 1.165) is 32.1 Å². The van der Waals surface area contributed by atoms with Crippen molar-refractivity contribution in [2.45, 2.75) is 51.4 Å². The number of carbonyl (C=O) groups is 1. The number of phenols is 1. The number of aryl methyl sites for hydroxylation is 1. The minimum atomic E-state index is -0.491. The zero-order chi connectivity index (χ0) is 16.7. The van der Waals surface area contributed by atoms with Gasteiger partial charge in [-0.15, -0.1) is 0 Å². The Hall–Kier alpha value is -1.55. The van der Waals surface area contributed by atoms with Crippen LogP contribution in [0.1, 0.15) is 50.7 Å². The highest BCUT2D eigenvalue weighted by Gasteiger charge is 2.55. The molecule has 0 amide bonds. The van der Waals surface area contributed by atoms with Gasteiger partial charge in [0.2, 0.25) is 0 Å². The number of hydrogen-bond donors (Lipinski definition) is 1. The van der Waals surface area contributed by atoms with Crippen LogP contribution in [0.15, 0.2) is 18.2 Å². The van der Waals surface area contributed by atoms with Gasteiger partial charge < -0.3 is 14.6 Å². The summed E-state index contributed by atoms with van der Waals surface area (Å²) in [5, 5.41) is 9.94. The highest BCUT2D eigenvalue weighted by Crippen LogP contribution is 2.57. The summed E-state index contributed by atoms with van der Waals surface area (Å²) in [6.07, 6.45) is 4.81. The van der Waals surface area contributed by atoms with Crippen LogP contribution in [0.2, 0.25) is 0 Å². The first-order valence-corrected chi connectivity index (χ1v) is 8.40. The molecule has 1 saturated carbocycles. The summed E-state index contributed by atoms with van der Waals surface area (Å²) in [4.78, 5) is 12.7. The number of methoxy groups -OCH3 is 1. The molecular formula is C19H26O4. The van der Waals surface area contributed by atoms with Crippen molar-refractivity contribution in [1.29, 1.82) is 0 Å². The molecule has 0 heterocycles. The topological polar surface area (TPSA) is 55.8 Å². The molecule has 0 radical (unpaired) electrons. The zero-order valence-electron chi connectivity index (χ0n) is 14.2. The Balaban J connectivity index is 1.99. The van der Waals surface area contributed by atoms with Gasteiger partial charge in [-0.1, -0.05) is 19.4 Å². The molecule has 23 heavy (non-hydrogen) atoms. The van der Waals surface area contributed by atoms with Crippen LogP contribution in [-0.4, -0.2) is 25.0 Å². The number of fused-ring (bicyclic) bond motifs is 3. The molecule has 0 bridgehead atoms. The minimum Gasteiger partial charge on any atom is -0.508 e. The molecule has 1 fully saturated rings. The van der Waals surface area contributed by atoms with Gasteiger partial charge in [-0.3, -0.25) is 4.79 Å². The molecule has 1 aromatic carbocycles. The maximum absolute atomic E-state index is 12.7. The monoisotopic (exact) mass is 318 g/mol. The Bertz CT molecular complexity index is 611. The van der Waals surface area contributed by atoms with Gasteiger partial charge in [0, 0.05) is 7.11 Å². The second-order valence-electron chi connectivity index (χ2n) is 7.46. The summed E-state index contributed by atoms with van der Waals surface area (Å²) in [6.45, 7) is 4.30. The van der Waals surface area contributed by atoms with Gasteiger partial charge in [-0.2, -0.15) is 0 Å². The van der Waals surface area contributed by atoms with Gasteiger partial charge >= 0.3 is 5.97 Å². The third-order valence-electron chi connectivity index (χ3n) is 6.12. The lowest BCUT2D eigenvalue weighted by Gasteiger charge is -2.54. The molecule has 1 aromatic rings. The van der Waals surface area contributed by atoms with E-state index < -0.39 is 5.41 Å². The Morgan fingerprint density at radius 2 is 2.13 bits per heavy atom. The van der Waals surface area contributed by atoms with E-state index in [1.54, 1.807) is 6.07 Å². The molecule has 3 atom stereocenters. The summed E-state index contributed by atoms with van der Waals surface area (Å²) < 4.78 is 10.2. The van der Waals surface area contributed by atoms with Crippen molar-refractivity contribution in [3.63, 3.8) is 0 Å². The van der Waals surface area contributed by atoms with Crippen LogP contribution in [0, 0.1) is 11.3 Å². The van der Waals surface area contributed by atoms with Gasteiger partial charge in [0.25, 0.3) is 0 Å². The molecule has 2 aliphatic carbocycles. The fourth-order valence-electron chi connectivity index (χ4n) is 4.97. The molecule has 0 aromatic heterocycles. The van der Waals surface area contributed by atoms with E-state index in [1.807, 2.05) is 19.1 Å². The zero-order valence-corrected chi connectivity index (χ0v) is 14.2. The summed E-state index contributed by atoms with van der Waals surface area (Å²) >= 11 is 0. The molecule has 0 aliphatic heterocycles. The highest BCUT2D eigenvalue weighted by atomic mass is 16.7. The van der Waals surface area contributed by atoms with E-state index in [1.165, 1.54) is 18.2 Å². The lowest BCUT2D eigenvalue weighted by atomic mass is 9.50. The molecule has 1 N–H and O–H groups in total. The predicted octanol–water partition coefficient (Wildman–Crippen LogP) is 3.55. The Labute approximate surface area is 137 Å². The van der Waals surface area contributed by atoms with Crippen LogP contribution < -0.4 is 0 Å². The number of rotatable bonds is 3. The lowest BCUT2D eigenvalue weighted by molar-refractivity contribution is -0.174. The van der Waals surface area contributed by atoms with E-state index in [9.17, 15) is 9.90 Å². The summed E-state index contributed by atoms with van der Waals surface area (Å²) in [7, 11) is 1.53. The third-order valence-corrected chi connectivity index (χ3v) is 6.12. The smallest absolute Gasteiger partial charge is 0.314 e. The van der Waals surface area contributed by atoms with Crippen molar-refractivity contribution in [3.05, 3.63) is 29.3 Å². The summed E-state index contributed by atoms with van der Waals surface area (Å²) in [5.74, 6) is 0.376. The van der Waals surface area contributed by atoms with Gasteiger partial charge in [-0.05, 0) is 67.2 Å². The molecule has 4 nitrogen and oxygen atoms in total. The highest BCUT2D eigenvalue weighted by molar-refractivity contribution is 5.77.